The molecule has 184 valence electrons. The third-order valence-corrected chi connectivity index (χ3v) is 9.26. The quantitative estimate of drug-likeness (QED) is 0.294. The van der Waals surface area contributed by atoms with Crippen molar-refractivity contribution in [3.8, 4) is 0 Å². The zero-order valence-electron chi connectivity index (χ0n) is 15.7. The highest BCUT2D eigenvalue weighted by atomic mass is 32.2. The van der Waals surface area contributed by atoms with Crippen molar-refractivity contribution in [1.82, 2.24) is 0 Å². The zero-order chi connectivity index (χ0) is 24.3. The van der Waals surface area contributed by atoms with Gasteiger partial charge in [-0.1, -0.05) is 12.8 Å². The van der Waals surface area contributed by atoms with Gasteiger partial charge in [-0.25, -0.2) is 8.42 Å². The number of carbonyl (C=O) groups excluding carboxylic acids is 1. The van der Waals surface area contributed by atoms with Crippen LogP contribution < -0.4 is 0 Å². The molecule has 0 aromatic heterocycles. The first kappa shape index (κ1) is 28.7. The maximum absolute atomic E-state index is 12.2. The highest BCUT2D eigenvalue weighted by molar-refractivity contribution is 8.05. The molecule has 1 aliphatic carbocycles. The van der Waals surface area contributed by atoms with Gasteiger partial charge in [-0.05, 0) is 23.7 Å². The summed E-state index contributed by atoms with van der Waals surface area (Å²) < 4.78 is 135. The summed E-state index contributed by atoms with van der Waals surface area (Å²) in [6.07, 6.45) is -2.21. The Morgan fingerprint density at radius 1 is 0.903 bits per heavy atom. The van der Waals surface area contributed by atoms with Crippen molar-refractivity contribution in [3.05, 3.63) is 0 Å². The van der Waals surface area contributed by atoms with E-state index in [2.05, 4.69) is 11.8 Å². The molecule has 0 unspecified atom stereocenters. The number of alkyl halides is 9. The molecule has 1 heterocycles. The summed E-state index contributed by atoms with van der Waals surface area (Å²) in [7, 11) is -6.96. The van der Waals surface area contributed by atoms with Gasteiger partial charge in [0.15, 0.2) is 21.7 Å². The van der Waals surface area contributed by atoms with Gasteiger partial charge in [0.2, 0.25) is 0 Å². The molecule has 0 amide bonds. The molecular weight excluding hydrogens is 511 g/mol. The van der Waals surface area contributed by atoms with Crippen LogP contribution in [0.15, 0.2) is 0 Å². The maximum Gasteiger partial charge on any atom is 0.460 e. The first-order valence-electron chi connectivity index (χ1n) is 8.76. The fraction of sp³-hybridized carbons (Fsp3) is 0.933. The Morgan fingerprint density at radius 3 is 1.74 bits per heavy atom. The molecule has 0 bridgehead atoms. The average molecular weight is 530 g/mol. The molecule has 1 saturated carbocycles. The number of hydrogen-bond acceptors (Lipinski definition) is 5. The second kappa shape index (κ2) is 10.3. The lowest BCUT2D eigenvalue weighted by molar-refractivity contribution is -0.382. The Balaban J connectivity index is 0.000000314. The molecule has 4 nitrogen and oxygen atoms in total. The van der Waals surface area contributed by atoms with E-state index in [-0.39, 0.29) is 0 Å². The molecule has 2 rings (SSSR count). The monoisotopic (exact) mass is 530 g/mol. The summed E-state index contributed by atoms with van der Waals surface area (Å²) in [6, 6.07) is 0. The number of rotatable bonds is 6. The maximum atomic E-state index is 12.2. The van der Waals surface area contributed by atoms with Gasteiger partial charge < -0.3 is 4.55 Å². The first-order valence-corrected chi connectivity index (χ1v) is 13.1. The van der Waals surface area contributed by atoms with Gasteiger partial charge in [0, 0.05) is 17.4 Å². The van der Waals surface area contributed by atoms with Crippen molar-refractivity contribution in [2.75, 3.05) is 28.8 Å². The molecular formula is C15H19F9O4S3. The number of halogens is 9. The smallest absolute Gasteiger partial charge is 0.460 e. The molecule has 0 spiro atoms. The second-order valence-corrected chi connectivity index (χ2v) is 11.8. The van der Waals surface area contributed by atoms with Gasteiger partial charge in [0.1, 0.15) is 11.5 Å². The fourth-order valence-corrected chi connectivity index (χ4v) is 7.39. The molecule has 0 aromatic carbocycles. The van der Waals surface area contributed by atoms with Crippen molar-refractivity contribution in [1.29, 1.82) is 0 Å². The number of Topliss-reactive ketones (excluding diaryl/α,β-unsaturated/α-hetero) is 1. The van der Waals surface area contributed by atoms with Crippen LogP contribution in [0.3, 0.4) is 0 Å². The summed E-state index contributed by atoms with van der Waals surface area (Å²) >= 11 is 2.05. The Morgan fingerprint density at radius 2 is 1.35 bits per heavy atom. The Kier molecular flexibility index (Phi) is 9.51. The Labute approximate surface area is 179 Å². The molecule has 2 aliphatic rings. The lowest BCUT2D eigenvalue weighted by Gasteiger charge is -2.34. The summed E-state index contributed by atoms with van der Waals surface area (Å²) in [5, 5.41) is -7.11. The van der Waals surface area contributed by atoms with Crippen molar-refractivity contribution in [3.63, 3.8) is 0 Å². The third-order valence-electron chi connectivity index (χ3n) is 4.62. The average Bonchev–Trinajstić information content (AvgIpc) is 3.15. The molecule has 0 radical (unpaired) electrons. The molecule has 31 heavy (non-hydrogen) atoms. The zero-order valence-corrected chi connectivity index (χ0v) is 18.2. The van der Waals surface area contributed by atoms with Gasteiger partial charge in [-0.3, -0.25) is 4.79 Å². The predicted octanol–water partition coefficient (Wildman–Crippen LogP) is 4.07. The fourth-order valence-electron chi connectivity index (χ4n) is 2.79. The number of thioether (sulfide) groups is 1. The van der Waals surface area contributed by atoms with Crippen LogP contribution in [0.2, 0.25) is 0 Å². The molecule has 2 fully saturated rings. The molecule has 0 N–H and O–H groups in total. The minimum absolute atomic E-state index is 0.456. The molecule has 16 heteroatoms. The van der Waals surface area contributed by atoms with Crippen LogP contribution >= 0.6 is 11.8 Å². The SMILES string of the molecule is O=C(C[S+]1CCSCC1)C1CCCC1.O=S(=O)([O-])C(F)(F)C(F)(F)C(F)(F)C(F)(F)F. The van der Waals surface area contributed by atoms with Crippen molar-refractivity contribution in [2.45, 2.75) is 49.0 Å². The molecule has 1 aliphatic heterocycles. The predicted molar refractivity (Wildman–Crippen MR) is 96.8 cm³/mol. The number of hydrogen-bond donors (Lipinski definition) is 0. The second-order valence-electron chi connectivity index (χ2n) is 6.84. The molecule has 1 saturated heterocycles. The van der Waals surface area contributed by atoms with Gasteiger partial charge in [-0.2, -0.15) is 51.3 Å². The Hall–Kier alpha value is -0.350. The van der Waals surface area contributed by atoms with Gasteiger partial charge >= 0.3 is 23.3 Å². The van der Waals surface area contributed by atoms with E-state index in [9.17, 15) is 57.3 Å². The van der Waals surface area contributed by atoms with Crippen LogP contribution in [0.5, 0.6) is 0 Å². The van der Waals surface area contributed by atoms with E-state index in [1.165, 1.54) is 48.7 Å². The van der Waals surface area contributed by atoms with Crippen molar-refractivity contribution < 1.29 is 57.3 Å². The molecule has 0 aromatic rings. The van der Waals surface area contributed by atoms with Crippen LogP contribution in [0, 0.1) is 5.92 Å². The van der Waals surface area contributed by atoms with E-state index in [0.717, 1.165) is 5.75 Å². The summed E-state index contributed by atoms with van der Waals surface area (Å²) in [4.78, 5) is 11.9. The van der Waals surface area contributed by atoms with E-state index in [4.69, 9.17) is 0 Å². The normalized spacial score (nSPS) is 20.3. The standard InChI is InChI=1S/C11H19OS2.C4HF9O3S/c12-11(10-3-1-2-4-10)9-14-7-5-13-6-8-14;5-1(6,3(9,10)11)2(7,8)4(12,13)17(14,15)16/h10H,1-9H2;(H,14,15,16)/q+1;/p-1. The van der Waals surface area contributed by atoms with E-state index in [1.807, 2.05) is 0 Å². The van der Waals surface area contributed by atoms with Crippen LogP contribution in [-0.2, 0) is 25.8 Å². The summed E-state index contributed by atoms with van der Waals surface area (Å²) in [5.41, 5.74) is 0. The number of ketones is 1. The lowest BCUT2D eigenvalue weighted by Crippen LogP contribution is -2.63. The van der Waals surface area contributed by atoms with E-state index in [0.29, 0.717) is 22.6 Å². The van der Waals surface area contributed by atoms with E-state index in [1.54, 1.807) is 0 Å². The first-order chi connectivity index (χ1) is 13.9. The lowest BCUT2D eigenvalue weighted by atomic mass is 10.0. The molecule has 0 atom stereocenters. The van der Waals surface area contributed by atoms with Crippen LogP contribution in [0.25, 0.3) is 0 Å². The highest BCUT2D eigenvalue weighted by Crippen LogP contribution is 2.54. The van der Waals surface area contributed by atoms with E-state index < -0.39 is 33.4 Å². The van der Waals surface area contributed by atoms with Crippen LogP contribution in [0.1, 0.15) is 25.7 Å². The topological polar surface area (TPSA) is 74.3 Å². The third kappa shape index (κ3) is 6.59. The van der Waals surface area contributed by atoms with Gasteiger partial charge in [0.05, 0.1) is 0 Å². The minimum Gasteiger partial charge on any atom is -0.743 e. The minimum atomic E-state index is -7.43. The van der Waals surface area contributed by atoms with Gasteiger partial charge in [-0.15, -0.1) is 0 Å². The summed E-state index contributed by atoms with van der Waals surface area (Å²) in [6.45, 7) is 0. The summed E-state index contributed by atoms with van der Waals surface area (Å²) in [5.74, 6) is -7.64. The van der Waals surface area contributed by atoms with E-state index >= 15 is 0 Å². The van der Waals surface area contributed by atoms with Gasteiger partial charge in [0.25, 0.3) is 0 Å². The van der Waals surface area contributed by atoms with Crippen molar-refractivity contribution in [2.24, 2.45) is 5.92 Å². The highest BCUT2D eigenvalue weighted by Gasteiger charge is 2.83. The van der Waals surface area contributed by atoms with Crippen LogP contribution in [-0.4, -0.2) is 70.8 Å². The Bertz CT molecular complexity index is 714. The van der Waals surface area contributed by atoms with Crippen molar-refractivity contribution >= 4 is 38.6 Å². The van der Waals surface area contributed by atoms with Crippen LogP contribution in [0.4, 0.5) is 39.5 Å². The largest absolute Gasteiger partial charge is 0.743 e. The number of carbonyl (C=O) groups is 1.